The second-order valence-corrected chi connectivity index (χ2v) is 16.8. The minimum atomic E-state index is -2.28. The molecule has 0 aliphatic heterocycles. The molecule has 0 radical (unpaired) electrons. The fraction of sp³-hybridized carbons (Fsp3) is 0.500. The molecular formula is C36H49Cl3Si. The summed E-state index contributed by atoms with van der Waals surface area (Å²) in [5, 5.41) is 6.51. The molecule has 0 fully saturated rings. The smallest absolute Gasteiger partial charge is 0.0843 e. The Kier molecular flexibility index (Phi) is 15.8. The maximum atomic E-state index is 6.33. The molecule has 40 heavy (non-hydrogen) atoms. The van der Waals surface area contributed by atoms with Crippen LogP contribution in [0.1, 0.15) is 110 Å². The predicted octanol–water partition coefficient (Wildman–Crippen LogP) is 11.4. The van der Waals surface area contributed by atoms with Gasteiger partial charge in [-0.2, -0.15) is 0 Å². The number of benzene rings is 3. The van der Waals surface area contributed by atoms with Crippen molar-refractivity contribution >= 4 is 58.4 Å². The van der Waals surface area contributed by atoms with Gasteiger partial charge in [0.1, 0.15) is 8.07 Å². The monoisotopic (exact) mass is 614 g/mol. The van der Waals surface area contributed by atoms with Crippen LogP contribution < -0.4 is 15.6 Å². The SMILES string of the molecule is CCCCCCCCCCCCCCCCCC[Si](c1ccc(Cl)cc1)(c1ccc(Cl)cc1)c1ccc(Cl)cc1. The van der Waals surface area contributed by atoms with E-state index in [1.807, 2.05) is 36.4 Å². The molecule has 0 amide bonds. The molecule has 0 heterocycles. The highest BCUT2D eigenvalue weighted by Crippen LogP contribution is 2.22. The number of hydrogen-bond acceptors (Lipinski definition) is 0. The molecular weight excluding hydrogens is 567 g/mol. The third-order valence-corrected chi connectivity index (χ3v) is 14.2. The van der Waals surface area contributed by atoms with E-state index in [-0.39, 0.29) is 0 Å². The van der Waals surface area contributed by atoms with Crippen molar-refractivity contribution in [3.63, 3.8) is 0 Å². The minimum Gasteiger partial charge on any atom is -0.0843 e. The lowest BCUT2D eigenvalue weighted by atomic mass is 10.0. The zero-order valence-electron chi connectivity index (χ0n) is 24.6. The van der Waals surface area contributed by atoms with Gasteiger partial charge in [-0.25, -0.2) is 0 Å². The van der Waals surface area contributed by atoms with Gasteiger partial charge in [-0.05, 0) is 58.0 Å². The lowest BCUT2D eigenvalue weighted by molar-refractivity contribution is 0.531. The van der Waals surface area contributed by atoms with Crippen LogP contribution in [-0.2, 0) is 0 Å². The van der Waals surface area contributed by atoms with E-state index >= 15 is 0 Å². The Labute approximate surface area is 260 Å². The number of unbranched alkanes of at least 4 members (excludes halogenated alkanes) is 15. The molecule has 0 aliphatic carbocycles. The molecule has 0 unspecified atom stereocenters. The molecule has 0 saturated heterocycles. The molecule has 0 aliphatic rings. The van der Waals surface area contributed by atoms with Crippen molar-refractivity contribution in [1.82, 2.24) is 0 Å². The maximum absolute atomic E-state index is 6.33. The summed E-state index contributed by atoms with van der Waals surface area (Å²) in [5.41, 5.74) is 0. The van der Waals surface area contributed by atoms with Gasteiger partial charge in [0.15, 0.2) is 0 Å². The molecule has 0 aromatic heterocycles. The van der Waals surface area contributed by atoms with Crippen LogP contribution in [0.2, 0.25) is 21.1 Å². The van der Waals surface area contributed by atoms with Crippen molar-refractivity contribution in [3.8, 4) is 0 Å². The molecule has 0 spiro atoms. The number of halogens is 3. The standard InChI is InChI=1S/C36H49Cl3Si/c1-2-3-4-5-6-7-8-9-10-11-12-13-14-15-16-17-30-40(34-24-18-31(37)19-25-34,35-26-20-32(38)21-27-35)36-28-22-33(39)23-29-36/h18-29H,2-17,30H2,1H3. The van der Waals surface area contributed by atoms with E-state index in [4.69, 9.17) is 34.8 Å². The van der Waals surface area contributed by atoms with Gasteiger partial charge >= 0.3 is 0 Å². The van der Waals surface area contributed by atoms with Crippen LogP contribution in [-0.4, -0.2) is 8.07 Å². The van der Waals surface area contributed by atoms with Gasteiger partial charge in [-0.1, -0.05) is 181 Å². The highest BCUT2D eigenvalue weighted by molar-refractivity contribution is 7.11. The second kappa shape index (κ2) is 19.0. The molecule has 218 valence electrons. The van der Waals surface area contributed by atoms with Crippen molar-refractivity contribution in [1.29, 1.82) is 0 Å². The Hall–Kier alpha value is -1.25. The topological polar surface area (TPSA) is 0 Å². The quantitative estimate of drug-likeness (QED) is 0.0673. The first-order chi connectivity index (χ1) is 19.6. The summed E-state index contributed by atoms with van der Waals surface area (Å²) in [5.74, 6) is 0. The Morgan fingerprint density at radius 3 is 0.900 bits per heavy atom. The summed E-state index contributed by atoms with van der Waals surface area (Å²) in [6.45, 7) is 2.29. The summed E-state index contributed by atoms with van der Waals surface area (Å²) in [6.07, 6.45) is 22.2. The van der Waals surface area contributed by atoms with Crippen LogP contribution >= 0.6 is 34.8 Å². The van der Waals surface area contributed by atoms with Gasteiger partial charge in [-0.15, -0.1) is 0 Å². The van der Waals surface area contributed by atoms with E-state index in [1.165, 1.54) is 118 Å². The zero-order valence-corrected chi connectivity index (χ0v) is 27.9. The van der Waals surface area contributed by atoms with Crippen LogP contribution in [0, 0.1) is 0 Å². The van der Waals surface area contributed by atoms with Gasteiger partial charge in [0.25, 0.3) is 0 Å². The van der Waals surface area contributed by atoms with E-state index in [0.717, 1.165) is 21.1 Å². The van der Waals surface area contributed by atoms with E-state index in [9.17, 15) is 0 Å². The van der Waals surface area contributed by atoms with Crippen molar-refractivity contribution in [3.05, 3.63) is 87.9 Å². The molecule has 3 aromatic rings. The lowest BCUT2D eigenvalue weighted by Gasteiger charge is -2.34. The third-order valence-electron chi connectivity index (χ3n) is 8.42. The molecule has 0 nitrogen and oxygen atoms in total. The average molecular weight is 616 g/mol. The first-order valence-corrected chi connectivity index (χ1v) is 19.2. The van der Waals surface area contributed by atoms with Crippen molar-refractivity contribution < 1.29 is 0 Å². The molecule has 0 bridgehead atoms. The molecule has 4 heteroatoms. The normalized spacial score (nSPS) is 11.7. The summed E-state index contributed by atoms with van der Waals surface area (Å²) < 4.78 is 0. The molecule has 0 N–H and O–H groups in total. The fourth-order valence-corrected chi connectivity index (χ4v) is 11.3. The van der Waals surface area contributed by atoms with E-state index in [1.54, 1.807) is 0 Å². The molecule has 3 rings (SSSR count). The van der Waals surface area contributed by atoms with Crippen molar-refractivity contribution in [2.75, 3.05) is 0 Å². The van der Waals surface area contributed by atoms with Gasteiger partial charge in [-0.3, -0.25) is 0 Å². The maximum Gasteiger partial charge on any atom is 0.148 e. The highest BCUT2D eigenvalue weighted by Gasteiger charge is 2.38. The fourth-order valence-electron chi connectivity index (χ4n) is 6.07. The Morgan fingerprint density at radius 1 is 0.375 bits per heavy atom. The lowest BCUT2D eigenvalue weighted by Crippen LogP contribution is -2.66. The predicted molar refractivity (Wildman–Crippen MR) is 183 cm³/mol. The first kappa shape index (κ1) is 33.3. The van der Waals surface area contributed by atoms with Gasteiger partial charge in [0, 0.05) is 15.1 Å². The number of rotatable bonds is 20. The molecule has 0 saturated carbocycles. The van der Waals surface area contributed by atoms with E-state index in [0.29, 0.717) is 0 Å². The Bertz CT molecular complexity index is 950. The molecule has 0 atom stereocenters. The van der Waals surface area contributed by atoms with Gasteiger partial charge < -0.3 is 0 Å². The first-order valence-electron chi connectivity index (χ1n) is 15.8. The van der Waals surface area contributed by atoms with Crippen LogP contribution in [0.15, 0.2) is 72.8 Å². The zero-order chi connectivity index (χ0) is 28.5. The largest absolute Gasteiger partial charge is 0.148 e. The number of hydrogen-bond donors (Lipinski definition) is 0. The van der Waals surface area contributed by atoms with Crippen molar-refractivity contribution in [2.24, 2.45) is 0 Å². The molecule has 3 aromatic carbocycles. The van der Waals surface area contributed by atoms with Crippen LogP contribution in [0.4, 0.5) is 0 Å². The Morgan fingerprint density at radius 2 is 0.625 bits per heavy atom. The highest BCUT2D eigenvalue weighted by atomic mass is 35.5. The summed E-state index contributed by atoms with van der Waals surface area (Å²) in [6, 6.07) is 26.8. The minimum absolute atomic E-state index is 0.779. The summed E-state index contributed by atoms with van der Waals surface area (Å²) >= 11 is 19.0. The van der Waals surface area contributed by atoms with E-state index in [2.05, 4.69) is 43.3 Å². The summed E-state index contributed by atoms with van der Waals surface area (Å²) in [7, 11) is -2.28. The summed E-state index contributed by atoms with van der Waals surface area (Å²) in [4.78, 5) is 0. The second-order valence-electron chi connectivity index (χ2n) is 11.5. The Balaban J connectivity index is 1.50. The van der Waals surface area contributed by atoms with E-state index < -0.39 is 8.07 Å². The van der Waals surface area contributed by atoms with Crippen molar-refractivity contribution in [2.45, 2.75) is 116 Å². The third kappa shape index (κ3) is 10.9. The van der Waals surface area contributed by atoms with Crippen LogP contribution in [0.25, 0.3) is 0 Å². The van der Waals surface area contributed by atoms with Gasteiger partial charge in [0.2, 0.25) is 0 Å². The van der Waals surface area contributed by atoms with Crippen LogP contribution in [0.3, 0.4) is 0 Å². The average Bonchev–Trinajstić information content (AvgIpc) is 2.97. The van der Waals surface area contributed by atoms with Gasteiger partial charge in [0.05, 0.1) is 0 Å². The van der Waals surface area contributed by atoms with Crippen LogP contribution in [0.5, 0.6) is 0 Å².